The molecule has 1 aromatic carbocycles. The number of hydrogen-bond donors (Lipinski definition) is 1. The van der Waals surface area contributed by atoms with Crippen LogP contribution < -0.4 is 10.1 Å². The van der Waals surface area contributed by atoms with Gasteiger partial charge in [-0.25, -0.2) is 4.39 Å². The van der Waals surface area contributed by atoms with Gasteiger partial charge in [-0.15, -0.1) is 0 Å². The Morgan fingerprint density at radius 3 is 2.90 bits per heavy atom. The standard InChI is InChI=1S/C14H18FN3O2/c1-10(2)6-16-7-11-3-4-13(12(15)5-11)19-8-14-17-9-20-18-14/h3-5,9-10,16H,6-8H2,1-2H3. The van der Waals surface area contributed by atoms with E-state index in [1.807, 2.05) is 6.07 Å². The highest BCUT2D eigenvalue weighted by atomic mass is 19.1. The molecule has 0 saturated carbocycles. The van der Waals surface area contributed by atoms with Crippen LogP contribution >= 0.6 is 0 Å². The second-order valence-electron chi connectivity index (χ2n) is 4.93. The molecule has 0 aliphatic rings. The van der Waals surface area contributed by atoms with Crippen molar-refractivity contribution in [2.75, 3.05) is 6.54 Å². The molecule has 108 valence electrons. The van der Waals surface area contributed by atoms with Gasteiger partial charge in [0.1, 0.15) is 0 Å². The van der Waals surface area contributed by atoms with E-state index in [4.69, 9.17) is 4.74 Å². The Morgan fingerprint density at radius 2 is 2.25 bits per heavy atom. The second kappa shape index (κ2) is 7.00. The molecule has 2 aromatic rings. The van der Waals surface area contributed by atoms with Crippen LogP contribution in [0.5, 0.6) is 5.75 Å². The van der Waals surface area contributed by atoms with Crippen LogP contribution in [-0.4, -0.2) is 16.7 Å². The molecule has 0 bridgehead atoms. The molecule has 0 aliphatic carbocycles. The largest absolute Gasteiger partial charge is 0.482 e. The lowest BCUT2D eigenvalue weighted by Gasteiger charge is -2.09. The lowest BCUT2D eigenvalue weighted by molar-refractivity contribution is 0.273. The third-order valence-electron chi connectivity index (χ3n) is 2.64. The first-order chi connectivity index (χ1) is 9.65. The number of rotatable bonds is 7. The van der Waals surface area contributed by atoms with Gasteiger partial charge in [0.2, 0.25) is 12.2 Å². The Bertz CT molecular complexity index is 529. The van der Waals surface area contributed by atoms with E-state index in [9.17, 15) is 4.39 Å². The van der Waals surface area contributed by atoms with Crippen LogP contribution in [0.1, 0.15) is 25.2 Å². The minimum Gasteiger partial charge on any atom is -0.482 e. The lowest BCUT2D eigenvalue weighted by Crippen LogP contribution is -2.19. The van der Waals surface area contributed by atoms with E-state index in [2.05, 4.69) is 33.8 Å². The quantitative estimate of drug-likeness (QED) is 0.844. The van der Waals surface area contributed by atoms with E-state index in [1.165, 1.54) is 12.5 Å². The maximum absolute atomic E-state index is 13.8. The molecule has 5 nitrogen and oxygen atoms in total. The van der Waals surface area contributed by atoms with Crippen molar-refractivity contribution in [3.63, 3.8) is 0 Å². The minimum absolute atomic E-state index is 0.0817. The molecule has 1 aromatic heterocycles. The van der Waals surface area contributed by atoms with Gasteiger partial charge in [-0.3, -0.25) is 0 Å². The summed E-state index contributed by atoms with van der Waals surface area (Å²) < 4.78 is 23.7. The lowest BCUT2D eigenvalue weighted by atomic mass is 10.2. The highest BCUT2D eigenvalue weighted by molar-refractivity contribution is 5.29. The second-order valence-corrected chi connectivity index (χ2v) is 4.93. The molecule has 2 rings (SSSR count). The fourth-order valence-corrected chi connectivity index (χ4v) is 1.67. The maximum atomic E-state index is 13.8. The van der Waals surface area contributed by atoms with E-state index in [1.54, 1.807) is 6.07 Å². The first-order valence-corrected chi connectivity index (χ1v) is 6.52. The van der Waals surface area contributed by atoms with E-state index >= 15 is 0 Å². The van der Waals surface area contributed by atoms with Crippen molar-refractivity contribution in [2.24, 2.45) is 5.92 Å². The average Bonchev–Trinajstić information content (AvgIpc) is 2.90. The molecule has 0 spiro atoms. The fraction of sp³-hybridized carbons (Fsp3) is 0.429. The van der Waals surface area contributed by atoms with Gasteiger partial charge < -0.3 is 14.6 Å². The van der Waals surface area contributed by atoms with Crippen molar-refractivity contribution >= 4 is 0 Å². The number of aromatic nitrogens is 2. The number of ether oxygens (including phenoxy) is 1. The van der Waals surface area contributed by atoms with Crippen LogP contribution in [0.2, 0.25) is 0 Å². The summed E-state index contributed by atoms with van der Waals surface area (Å²) in [7, 11) is 0. The van der Waals surface area contributed by atoms with E-state index in [0.717, 1.165) is 12.1 Å². The average molecular weight is 279 g/mol. The summed E-state index contributed by atoms with van der Waals surface area (Å²) in [5.74, 6) is 0.740. The van der Waals surface area contributed by atoms with Crippen LogP contribution in [-0.2, 0) is 13.2 Å². The van der Waals surface area contributed by atoms with Crippen LogP contribution in [0.15, 0.2) is 29.1 Å². The maximum Gasteiger partial charge on any atom is 0.213 e. The first kappa shape index (κ1) is 14.5. The van der Waals surface area contributed by atoms with Gasteiger partial charge in [-0.05, 0) is 30.2 Å². The van der Waals surface area contributed by atoms with Crippen molar-refractivity contribution < 1.29 is 13.7 Å². The third kappa shape index (κ3) is 4.31. The Labute approximate surface area is 117 Å². The smallest absolute Gasteiger partial charge is 0.213 e. The third-order valence-corrected chi connectivity index (χ3v) is 2.64. The monoisotopic (exact) mass is 279 g/mol. The van der Waals surface area contributed by atoms with Crippen molar-refractivity contribution in [3.05, 3.63) is 41.8 Å². The molecule has 0 fully saturated rings. The fourth-order valence-electron chi connectivity index (χ4n) is 1.67. The van der Waals surface area contributed by atoms with Gasteiger partial charge in [0.05, 0.1) is 0 Å². The Kier molecular flexibility index (Phi) is 5.06. The predicted octanol–water partition coefficient (Wildman–Crippen LogP) is 2.53. The van der Waals surface area contributed by atoms with Gasteiger partial charge in [0, 0.05) is 6.54 Å². The SMILES string of the molecule is CC(C)CNCc1ccc(OCc2ncon2)c(F)c1. The van der Waals surface area contributed by atoms with Crippen LogP contribution in [0.4, 0.5) is 4.39 Å². The van der Waals surface area contributed by atoms with Gasteiger partial charge in [-0.1, -0.05) is 25.1 Å². The Hall–Kier alpha value is -1.95. The molecule has 20 heavy (non-hydrogen) atoms. The van der Waals surface area contributed by atoms with Crippen molar-refractivity contribution in [3.8, 4) is 5.75 Å². The summed E-state index contributed by atoms with van der Waals surface area (Å²) in [5, 5.41) is 6.85. The Balaban J connectivity index is 1.88. The zero-order valence-corrected chi connectivity index (χ0v) is 11.6. The van der Waals surface area contributed by atoms with Gasteiger partial charge in [-0.2, -0.15) is 4.98 Å². The molecular weight excluding hydrogens is 261 g/mol. The minimum atomic E-state index is -0.391. The number of halogens is 1. The van der Waals surface area contributed by atoms with Crippen molar-refractivity contribution in [2.45, 2.75) is 27.0 Å². The number of benzene rings is 1. The molecule has 0 unspecified atom stereocenters. The summed E-state index contributed by atoms with van der Waals surface area (Å²) in [4.78, 5) is 3.80. The molecule has 0 saturated heterocycles. The first-order valence-electron chi connectivity index (χ1n) is 6.52. The number of hydrogen-bond acceptors (Lipinski definition) is 5. The molecular formula is C14H18FN3O2. The van der Waals surface area contributed by atoms with E-state index in [0.29, 0.717) is 18.3 Å². The molecule has 0 radical (unpaired) electrons. The number of nitrogens with zero attached hydrogens (tertiary/aromatic N) is 2. The summed E-state index contributed by atoms with van der Waals surface area (Å²) in [6.07, 6.45) is 1.21. The van der Waals surface area contributed by atoms with Gasteiger partial charge in [0.15, 0.2) is 18.2 Å². The van der Waals surface area contributed by atoms with Crippen molar-refractivity contribution in [1.29, 1.82) is 0 Å². The summed E-state index contributed by atoms with van der Waals surface area (Å²) in [5.41, 5.74) is 0.884. The zero-order chi connectivity index (χ0) is 14.4. The topological polar surface area (TPSA) is 60.2 Å². The van der Waals surface area contributed by atoms with Crippen LogP contribution in [0.3, 0.4) is 0 Å². The molecule has 1 N–H and O–H groups in total. The highest BCUT2D eigenvalue weighted by Gasteiger charge is 2.07. The highest BCUT2D eigenvalue weighted by Crippen LogP contribution is 2.19. The molecule has 0 atom stereocenters. The van der Waals surface area contributed by atoms with Crippen LogP contribution in [0, 0.1) is 11.7 Å². The zero-order valence-electron chi connectivity index (χ0n) is 11.6. The van der Waals surface area contributed by atoms with Gasteiger partial charge >= 0.3 is 0 Å². The molecule has 0 amide bonds. The van der Waals surface area contributed by atoms with E-state index in [-0.39, 0.29) is 12.4 Å². The molecule has 0 aliphatic heterocycles. The predicted molar refractivity (Wildman–Crippen MR) is 71.6 cm³/mol. The van der Waals surface area contributed by atoms with Crippen molar-refractivity contribution in [1.82, 2.24) is 15.5 Å². The van der Waals surface area contributed by atoms with E-state index < -0.39 is 5.82 Å². The number of nitrogens with one attached hydrogen (secondary N) is 1. The van der Waals surface area contributed by atoms with Gasteiger partial charge in [0.25, 0.3) is 0 Å². The Morgan fingerprint density at radius 1 is 1.40 bits per heavy atom. The summed E-state index contributed by atoms with van der Waals surface area (Å²) >= 11 is 0. The summed E-state index contributed by atoms with van der Waals surface area (Å²) in [6, 6.07) is 4.92. The molecule has 1 heterocycles. The summed E-state index contributed by atoms with van der Waals surface area (Å²) in [6.45, 7) is 5.88. The van der Waals surface area contributed by atoms with Crippen LogP contribution in [0.25, 0.3) is 0 Å². The normalized spacial score (nSPS) is 11.0. The molecule has 6 heteroatoms.